The Morgan fingerprint density at radius 3 is 2.65 bits per heavy atom. The van der Waals surface area contributed by atoms with Crippen LogP contribution in [0.4, 0.5) is 14.6 Å². The molecule has 0 amide bonds. The average molecular weight is 245 g/mol. The highest BCUT2D eigenvalue weighted by molar-refractivity contribution is 5.38. The first-order chi connectivity index (χ1) is 8.04. The molecule has 0 saturated heterocycles. The van der Waals surface area contributed by atoms with Gasteiger partial charge in [0.05, 0.1) is 6.61 Å². The van der Waals surface area contributed by atoms with E-state index < -0.39 is 11.6 Å². The lowest BCUT2D eigenvalue weighted by Crippen LogP contribution is -2.16. The molecule has 1 heterocycles. The normalized spacial score (nSPS) is 10.7. The van der Waals surface area contributed by atoms with Crippen molar-refractivity contribution in [3.63, 3.8) is 0 Å². The average Bonchev–Trinajstić information content (AvgIpc) is 2.26. The number of aromatic nitrogens is 1. The third-order valence-corrected chi connectivity index (χ3v) is 2.12. The maximum atomic E-state index is 13.3. The van der Waals surface area contributed by atoms with Crippen LogP contribution in [0.25, 0.3) is 0 Å². The van der Waals surface area contributed by atoms with E-state index in [1.807, 2.05) is 19.0 Å². The van der Waals surface area contributed by atoms with Crippen molar-refractivity contribution in [2.75, 3.05) is 39.6 Å². The predicted octanol–water partition coefficient (Wildman–Crippen LogP) is 1.73. The fourth-order valence-corrected chi connectivity index (χ4v) is 1.28. The van der Waals surface area contributed by atoms with Crippen LogP contribution in [0.5, 0.6) is 5.88 Å². The Balaban J connectivity index is 2.58. The summed E-state index contributed by atoms with van der Waals surface area (Å²) in [4.78, 5) is 5.71. The van der Waals surface area contributed by atoms with Crippen LogP contribution in [0.3, 0.4) is 0 Å². The van der Waals surface area contributed by atoms with Gasteiger partial charge < -0.3 is 15.0 Å². The third-order valence-electron chi connectivity index (χ3n) is 2.12. The molecule has 0 bridgehead atoms. The molecule has 0 unspecified atom stereocenters. The van der Waals surface area contributed by atoms with Crippen LogP contribution in [0.2, 0.25) is 0 Å². The van der Waals surface area contributed by atoms with Gasteiger partial charge >= 0.3 is 0 Å². The zero-order chi connectivity index (χ0) is 12.8. The zero-order valence-electron chi connectivity index (χ0n) is 10.3. The van der Waals surface area contributed by atoms with Gasteiger partial charge in [-0.2, -0.15) is 4.98 Å². The van der Waals surface area contributed by atoms with Crippen molar-refractivity contribution in [3.05, 3.63) is 17.7 Å². The second-order valence-electron chi connectivity index (χ2n) is 3.86. The molecule has 0 aliphatic carbocycles. The number of nitrogens with zero attached hydrogens (tertiary/aromatic N) is 2. The summed E-state index contributed by atoms with van der Waals surface area (Å²) in [6.45, 7) is 1.18. The van der Waals surface area contributed by atoms with E-state index in [0.29, 0.717) is 6.61 Å². The highest BCUT2D eigenvalue weighted by Crippen LogP contribution is 2.20. The molecule has 1 aromatic heterocycles. The topological polar surface area (TPSA) is 37.4 Å². The van der Waals surface area contributed by atoms with E-state index in [1.54, 1.807) is 0 Å². The Morgan fingerprint density at radius 1 is 1.35 bits per heavy atom. The number of nitrogens with one attached hydrogen (secondary N) is 1. The molecule has 17 heavy (non-hydrogen) atoms. The van der Waals surface area contributed by atoms with Crippen LogP contribution in [-0.2, 0) is 0 Å². The Labute approximate surface area is 99.6 Å². The number of hydrogen-bond donors (Lipinski definition) is 1. The van der Waals surface area contributed by atoms with Crippen molar-refractivity contribution < 1.29 is 13.5 Å². The minimum absolute atomic E-state index is 0.0194. The van der Waals surface area contributed by atoms with Crippen molar-refractivity contribution in [2.24, 2.45) is 0 Å². The van der Waals surface area contributed by atoms with E-state index in [9.17, 15) is 8.78 Å². The first-order valence-corrected chi connectivity index (χ1v) is 5.36. The summed E-state index contributed by atoms with van der Waals surface area (Å²) < 4.78 is 31.5. The minimum Gasteiger partial charge on any atom is -0.475 e. The van der Waals surface area contributed by atoms with E-state index in [0.717, 1.165) is 19.0 Å². The largest absolute Gasteiger partial charge is 0.475 e. The summed E-state index contributed by atoms with van der Waals surface area (Å²) in [5, 5.41) is 2.53. The zero-order valence-corrected chi connectivity index (χ0v) is 10.3. The molecular weight excluding hydrogens is 228 g/mol. The quantitative estimate of drug-likeness (QED) is 0.774. The van der Waals surface area contributed by atoms with Crippen LogP contribution >= 0.6 is 0 Å². The van der Waals surface area contributed by atoms with Gasteiger partial charge in [-0.15, -0.1) is 0 Å². The number of halogens is 2. The first kappa shape index (κ1) is 13.6. The van der Waals surface area contributed by atoms with Crippen molar-refractivity contribution in [2.45, 2.75) is 6.42 Å². The predicted molar refractivity (Wildman–Crippen MR) is 62.4 cm³/mol. The number of anilines is 1. The van der Waals surface area contributed by atoms with Gasteiger partial charge in [0, 0.05) is 19.7 Å². The Morgan fingerprint density at radius 2 is 2.06 bits per heavy atom. The third kappa shape index (κ3) is 4.14. The van der Waals surface area contributed by atoms with E-state index in [1.165, 1.54) is 7.05 Å². The molecule has 0 aromatic carbocycles. The maximum absolute atomic E-state index is 13.3. The van der Waals surface area contributed by atoms with Gasteiger partial charge in [-0.25, -0.2) is 8.78 Å². The van der Waals surface area contributed by atoms with Gasteiger partial charge in [0.25, 0.3) is 5.88 Å². The van der Waals surface area contributed by atoms with E-state index >= 15 is 0 Å². The molecule has 4 nitrogen and oxygen atoms in total. The van der Waals surface area contributed by atoms with E-state index in [-0.39, 0.29) is 11.7 Å². The number of hydrogen-bond acceptors (Lipinski definition) is 4. The van der Waals surface area contributed by atoms with Gasteiger partial charge in [0.15, 0.2) is 17.5 Å². The van der Waals surface area contributed by atoms with Gasteiger partial charge in [-0.1, -0.05) is 0 Å². The Hall–Kier alpha value is -1.43. The molecule has 0 aliphatic rings. The van der Waals surface area contributed by atoms with Crippen molar-refractivity contribution >= 4 is 5.82 Å². The molecule has 0 atom stereocenters. The summed E-state index contributed by atoms with van der Waals surface area (Å²) in [5.74, 6) is -1.71. The smallest absolute Gasteiger partial charge is 0.252 e. The summed E-state index contributed by atoms with van der Waals surface area (Å²) in [6.07, 6.45) is 0.750. The van der Waals surface area contributed by atoms with Crippen LogP contribution < -0.4 is 10.1 Å². The van der Waals surface area contributed by atoms with Gasteiger partial charge in [0.2, 0.25) is 0 Å². The fraction of sp³-hybridized carbons (Fsp3) is 0.545. The Bertz CT molecular complexity index is 372. The molecule has 96 valence electrons. The summed E-state index contributed by atoms with van der Waals surface area (Å²) >= 11 is 0. The van der Waals surface area contributed by atoms with Gasteiger partial charge in [-0.3, -0.25) is 0 Å². The minimum atomic E-state index is -0.786. The van der Waals surface area contributed by atoms with Crippen LogP contribution in [0.1, 0.15) is 6.42 Å². The lowest BCUT2D eigenvalue weighted by Gasteiger charge is -2.11. The molecule has 0 fully saturated rings. The number of pyridine rings is 1. The molecule has 0 radical (unpaired) electrons. The monoisotopic (exact) mass is 245 g/mol. The molecule has 0 spiro atoms. The molecule has 6 heteroatoms. The summed E-state index contributed by atoms with van der Waals surface area (Å²) in [5.41, 5.74) is 0. The van der Waals surface area contributed by atoms with E-state index in [4.69, 9.17) is 4.74 Å². The fourth-order valence-electron chi connectivity index (χ4n) is 1.28. The molecule has 0 aliphatic heterocycles. The van der Waals surface area contributed by atoms with Gasteiger partial charge in [-0.05, 0) is 20.5 Å². The maximum Gasteiger partial charge on any atom is 0.252 e. The molecular formula is C11H17F2N3O. The second kappa shape index (κ2) is 6.34. The molecule has 0 saturated carbocycles. The standard InChI is InChI=1S/C11H17F2N3O/c1-14-10-8(12)7-9(13)11(15-10)17-6-4-5-16(2)3/h7H,4-6H2,1-3H3,(H,14,15). The van der Waals surface area contributed by atoms with Crippen LogP contribution in [0, 0.1) is 11.6 Å². The molecule has 1 rings (SSSR count). The summed E-state index contributed by atoms with van der Waals surface area (Å²) in [7, 11) is 5.39. The van der Waals surface area contributed by atoms with Crippen LogP contribution in [-0.4, -0.2) is 44.2 Å². The number of ether oxygens (including phenoxy) is 1. The second-order valence-corrected chi connectivity index (χ2v) is 3.86. The van der Waals surface area contributed by atoms with E-state index in [2.05, 4.69) is 10.3 Å². The van der Waals surface area contributed by atoms with Crippen molar-refractivity contribution in [1.29, 1.82) is 0 Å². The lowest BCUT2D eigenvalue weighted by atomic mass is 10.4. The highest BCUT2D eigenvalue weighted by atomic mass is 19.1. The highest BCUT2D eigenvalue weighted by Gasteiger charge is 2.11. The Kier molecular flexibility index (Phi) is 5.09. The van der Waals surface area contributed by atoms with Crippen molar-refractivity contribution in [3.8, 4) is 5.88 Å². The SMILES string of the molecule is CNc1nc(OCCCN(C)C)c(F)cc1F. The molecule has 1 N–H and O–H groups in total. The lowest BCUT2D eigenvalue weighted by molar-refractivity contribution is 0.261. The van der Waals surface area contributed by atoms with Gasteiger partial charge in [0.1, 0.15) is 0 Å². The molecule has 1 aromatic rings. The van der Waals surface area contributed by atoms with Crippen molar-refractivity contribution in [1.82, 2.24) is 9.88 Å². The van der Waals surface area contributed by atoms with Crippen LogP contribution in [0.15, 0.2) is 6.07 Å². The first-order valence-electron chi connectivity index (χ1n) is 5.36. The number of rotatable bonds is 6. The summed E-state index contributed by atoms with van der Waals surface area (Å²) in [6, 6.07) is 0.764.